The van der Waals surface area contributed by atoms with Gasteiger partial charge in [-0.25, -0.2) is 4.68 Å². The highest BCUT2D eigenvalue weighted by Crippen LogP contribution is 2.30. The number of rotatable bonds is 8. The second-order valence-corrected chi connectivity index (χ2v) is 7.98. The lowest BCUT2D eigenvalue weighted by Crippen LogP contribution is -2.44. The molecule has 0 radical (unpaired) electrons. The zero-order valence-corrected chi connectivity index (χ0v) is 19.3. The number of methoxy groups -OCH3 is 1. The number of amides is 2. The van der Waals surface area contributed by atoms with Gasteiger partial charge in [0.25, 0.3) is 0 Å². The van der Waals surface area contributed by atoms with Gasteiger partial charge in [0.05, 0.1) is 26.0 Å². The third-order valence-electron chi connectivity index (χ3n) is 5.31. The zero-order chi connectivity index (χ0) is 23.4. The molecule has 0 saturated heterocycles. The molecule has 2 aromatic carbocycles. The van der Waals surface area contributed by atoms with Gasteiger partial charge in [-0.1, -0.05) is 29.8 Å². The highest BCUT2D eigenvalue weighted by molar-refractivity contribution is 6.30. The van der Waals surface area contributed by atoms with Gasteiger partial charge in [-0.3, -0.25) is 14.5 Å². The number of fused-ring (bicyclic) bond motifs is 1. The maximum absolute atomic E-state index is 12.7. The van der Waals surface area contributed by atoms with Crippen LogP contribution in [0.15, 0.2) is 48.5 Å². The Morgan fingerprint density at radius 1 is 1.18 bits per heavy atom. The van der Waals surface area contributed by atoms with E-state index >= 15 is 0 Å². The van der Waals surface area contributed by atoms with Gasteiger partial charge in [-0.2, -0.15) is 5.10 Å². The summed E-state index contributed by atoms with van der Waals surface area (Å²) in [7, 11) is 1.57. The van der Waals surface area contributed by atoms with Crippen molar-refractivity contribution in [1.29, 1.82) is 0 Å². The van der Waals surface area contributed by atoms with Crippen LogP contribution < -0.4 is 19.7 Å². The molecule has 1 N–H and O–H groups in total. The second kappa shape index (κ2) is 9.95. The first-order chi connectivity index (χ1) is 16.0. The van der Waals surface area contributed by atoms with Crippen LogP contribution in [0.5, 0.6) is 11.5 Å². The van der Waals surface area contributed by atoms with Crippen molar-refractivity contribution in [1.82, 2.24) is 15.1 Å². The third kappa shape index (κ3) is 5.12. The van der Waals surface area contributed by atoms with Crippen molar-refractivity contribution < 1.29 is 19.1 Å². The predicted molar refractivity (Wildman–Crippen MR) is 126 cm³/mol. The van der Waals surface area contributed by atoms with Crippen molar-refractivity contribution in [3.63, 3.8) is 0 Å². The average Bonchev–Trinajstić information content (AvgIpc) is 3.25. The molecule has 9 heteroatoms. The number of nitrogens with one attached hydrogen (secondary N) is 1. The largest absolute Gasteiger partial charge is 0.493 e. The van der Waals surface area contributed by atoms with Crippen LogP contribution in [0.3, 0.4) is 0 Å². The summed E-state index contributed by atoms with van der Waals surface area (Å²) in [6.07, 6.45) is 0.285. The fourth-order valence-electron chi connectivity index (χ4n) is 3.71. The molecule has 0 unspecified atom stereocenters. The molecule has 172 valence electrons. The Bertz CT molecular complexity index is 1180. The molecule has 33 heavy (non-hydrogen) atoms. The summed E-state index contributed by atoms with van der Waals surface area (Å²) >= 11 is 6.10. The first-order valence-electron chi connectivity index (χ1n) is 10.7. The molecule has 1 aliphatic rings. The van der Waals surface area contributed by atoms with E-state index in [2.05, 4.69) is 10.4 Å². The van der Waals surface area contributed by atoms with E-state index in [0.29, 0.717) is 47.7 Å². The van der Waals surface area contributed by atoms with Crippen molar-refractivity contribution in [3.8, 4) is 22.8 Å². The van der Waals surface area contributed by atoms with E-state index in [0.717, 1.165) is 11.1 Å². The molecule has 1 aromatic heterocycles. The number of benzene rings is 2. The topological polar surface area (TPSA) is 85.7 Å². The van der Waals surface area contributed by atoms with Crippen molar-refractivity contribution >= 4 is 29.2 Å². The minimum atomic E-state index is -0.268. The summed E-state index contributed by atoms with van der Waals surface area (Å²) in [5, 5.41) is 8.07. The van der Waals surface area contributed by atoms with Crippen LogP contribution in [0.4, 0.5) is 5.82 Å². The lowest BCUT2D eigenvalue weighted by molar-refractivity contribution is -0.124. The van der Waals surface area contributed by atoms with Crippen molar-refractivity contribution in [2.45, 2.75) is 26.4 Å². The van der Waals surface area contributed by atoms with E-state index in [1.54, 1.807) is 17.9 Å². The predicted octanol–water partition coefficient (Wildman–Crippen LogP) is 3.66. The number of ether oxygens (including phenoxy) is 2. The van der Waals surface area contributed by atoms with E-state index in [4.69, 9.17) is 21.1 Å². The SMILES string of the molecule is CCOc1ccc(CNC(=O)CN2C(=O)CCn3nc(-c4cccc(Cl)c4)cc32)cc1OC. The fourth-order valence-corrected chi connectivity index (χ4v) is 3.90. The summed E-state index contributed by atoms with van der Waals surface area (Å²) in [6, 6.07) is 14.7. The number of anilines is 1. The standard InChI is InChI=1S/C24H25ClN4O4/c1-3-33-20-8-7-16(11-21(20)32-2)14-26-22(30)15-28-23-13-19(17-5-4-6-18(25)12-17)27-29(23)10-9-24(28)31/h4-8,11-13H,3,9-10,14-15H2,1-2H3,(H,26,30). The highest BCUT2D eigenvalue weighted by Gasteiger charge is 2.28. The number of aromatic nitrogens is 2. The second-order valence-electron chi connectivity index (χ2n) is 7.55. The Morgan fingerprint density at radius 3 is 2.79 bits per heavy atom. The number of nitrogens with zero attached hydrogens (tertiary/aromatic N) is 3. The van der Waals surface area contributed by atoms with Crippen LogP contribution in [-0.2, 0) is 22.7 Å². The molecule has 0 fully saturated rings. The summed E-state index contributed by atoms with van der Waals surface area (Å²) in [6.45, 7) is 3.12. The summed E-state index contributed by atoms with van der Waals surface area (Å²) in [5.41, 5.74) is 2.42. The van der Waals surface area contributed by atoms with Gasteiger partial charge in [0.1, 0.15) is 12.4 Å². The Labute approximate surface area is 197 Å². The smallest absolute Gasteiger partial charge is 0.240 e. The van der Waals surface area contributed by atoms with E-state index in [-0.39, 0.29) is 24.8 Å². The number of halogens is 1. The fraction of sp³-hybridized carbons (Fsp3) is 0.292. The van der Waals surface area contributed by atoms with Gasteiger partial charge in [0, 0.05) is 29.6 Å². The van der Waals surface area contributed by atoms with Crippen LogP contribution in [0.2, 0.25) is 5.02 Å². The molecule has 0 atom stereocenters. The van der Waals surface area contributed by atoms with Crippen molar-refractivity contribution in [2.75, 3.05) is 25.2 Å². The van der Waals surface area contributed by atoms with Gasteiger partial charge in [-0.05, 0) is 36.8 Å². The molecule has 4 rings (SSSR count). The number of hydrogen-bond acceptors (Lipinski definition) is 5. The van der Waals surface area contributed by atoms with E-state index in [9.17, 15) is 9.59 Å². The first-order valence-corrected chi connectivity index (χ1v) is 11.1. The van der Waals surface area contributed by atoms with Crippen LogP contribution >= 0.6 is 11.6 Å². The average molecular weight is 469 g/mol. The lowest BCUT2D eigenvalue weighted by Gasteiger charge is -2.26. The highest BCUT2D eigenvalue weighted by atomic mass is 35.5. The Hall–Kier alpha value is -3.52. The molecule has 1 aliphatic heterocycles. The Morgan fingerprint density at radius 2 is 2.03 bits per heavy atom. The summed E-state index contributed by atoms with van der Waals surface area (Å²) in [4.78, 5) is 26.8. The molecule has 0 aliphatic carbocycles. The molecular formula is C24H25ClN4O4. The lowest BCUT2D eigenvalue weighted by atomic mass is 10.1. The molecular weight excluding hydrogens is 444 g/mol. The number of carbonyl (C=O) groups is 2. The van der Waals surface area contributed by atoms with Crippen molar-refractivity contribution in [3.05, 3.63) is 59.1 Å². The minimum absolute atomic E-state index is 0.0896. The van der Waals surface area contributed by atoms with Gasteiger partial charge >= 0.3 is 0 Å². The van der Waals surface area contributed by atoms with Crippen LogP contribution in [-0.4, -0.2) is 41.9 Å². The zero-order valence-electron chi connectivity index (χ0n) is 18.5. The quantitative estimate of drug-likeness (QED) is 0.545. The maximum Gasteiger partial charge on any atom is 0.240 e. The molecule has 0 spiro atoms. The van der Waals surface area contributed by atoms with Gasteiger partial charge < -0.3 is 14.8 Å². The molecule has 0 saturated carbocycles. The molecule has 2 amide bonds. The molecule has 3 aromatic rings. The monoisotopic (exact) mass is 468 g/mol. The number of carbonyl (C=O) groups excluding carboxylic acids is 2. The summed E-state index contributed by atoms with van der Waals surface area (Å²) in [5.74, 6) is 1.47. The number of hydrogen-bond donors (Lipinski definition) is 1. The number of aryl methyl sites for hydroxylation is 1. The van der Waals surface area contributed by atoms with Gasteiger partial charge in [-0.15, -0.1) is 0 Å². The van der Waals surface area contributed by atoms with E-state index in [1.165, 1.54) is 4.90 Å². The molecule has 8 nitrogen and oxygen atoms in total. The van der Waals surface area contributed by atoms with Gasteiger partial charge in [0.15, 0.2) is 11.5 Å². The minimum Gasteiger partial charge on any atom is -0.493 e. The van der Waals surface area contributed by atoms with Crippen LogP contribution in [0.1, 0.15) is 18.9 Å². The normalized spacial score (nSPS) is 12.9. The molecule has 0 bridgehead atoms. The molecule has 2 heterocycles. The van der Waals surface area contributed by atoms with Crippen LogP contribution in [0.25, 0.3) is 11.3 Å². The first kappa shape index (κ1) is 22.7. The van der Waals surface area contributed by atoms with E-state index < -0.39 is 0 Å². The maximum atomic E-state index is 12.7. The Kier molecular flexibility index (Phi) is 6.84. The van der Waals surface area contributed by atoms with Crippen molar-refractivity contribution in [2.24, 2.45) is 0 Å². The van der Waals surface area contributed by atoms with Crippen LogP contribution in [0, 0.1) is 0 Å². The third-order valence-corrected chi connectivity index (χ3v) is 5.55. The van der Waals surface area contributed by atoms with Gasteiger partial charge in [0.2, 0.25) is 11.8 Å². The van der Waals surface area contributed by atoms with E-state index in [1.807, 2.05) is 49.4 Å². The summed E-state index contributed by atoms with van der Waals surface area (Å²) < 4.78 is 12.6. The Balaban J connectivity index is 1.45.